The van der Waals surface area contributed by atoms with Gasteiger partial charge < -0.3 is 10.2 Å². The number of hydrogen-bond donors (Lipinski definition) is 2. The van der Waals surface area contributed by atoms with Gasteiger partial charge >= 0.3 is 6.03 Å². The van der Waals surface area contributed by atoms with Gasteiger partial charge in [0.1, 0.15) is 5.69 Å². The number of nitrogens with zero attached hydrogens (tertiary/aromatic N) is 2. The maximum Gasteiger partial charge on any atom is 0.322 e. The number of H-pyrrole nitrogens is 1. The third-order valence-electron chi connectivity index (χ3n) is 4.60. The number of hydrogen-bond acceptors (Lipinski definition) is 3. The summed E-state index contributed by atoms with van der Waals surface area (Å²) in [5.41, 5.74) is 5.18. The fourth-order valence-electron chi connectivity index (χ4n) is 3.28. The van der Waals surface area contributed by atoms with Crippen molar-refractivity contribution in [2.75, 3.05) is 5.32 Å². The van der Waals surface area contributed by atoms with Gasteiger partial charge in [0, 0.05) is 29.4 Å². The molecule has 0 unspecified atom stereocenters. The van der Waals surface area contributed by atoms with Gasteiger partial charge in [0.2, 0.25) is 0 Å². The molecule has 1 aliphatic heterocycles. The highest BCUT2D eigenvalue weighted by molar-refractivity contribution is 7.13. The minimum absolute atomic E-state index is 0.0675. The normalized spacial score (nSPS) is 16.6. The minimum atomic E-state index is -0.0675. The predicted molar refractivity (Wildman–Crippen MR) is 101 cm³/mol. The van der Waals surface area contributed by atoms with Gasteiger partial charge in [-0.15, -0.1) is 11.3 Å². The highest BCUT2D eigenvalue weighted by atomic mass is 32.1. The van der Waals surface area contributed by atoms with Crippen LogP contribution in [0, 0.1) is 6.92 Å². The second-order valence-corrected chi connectivity index (χ2v) is 7.43. The Hall–Kier alpha value is -2.60. The molecule has 0 fully saturated rings. The van der Waals surface area contributed by atoms with Crippen molar-refractivity contribution in [1.29, 1.82) is 0 Å². The maximum absolute atomic E-state index is 12.8. The third kappa shape index (κ3) is 3.05. The number of rotatable bonds is 2. The first-order valence-corrected chi connectivity index (χ1v) is 9.24. The Labute approximate surface area is 150 Å². The van der Waals surface area contributed by atoms with E-state index in [1.165, 1.54) is 0 Å². The topological polar surface area (TPSA) is 61.0 Å². The molecule has 0 saturated carbocycles. The van der Waals surface area contributed by atoms with Gasteiger partial charge in [0.15, 0.2) is 0 Å². The Morgan fingerprint density at radius 3 is 3.00 bits per heavy atom. The van der Waals surface area contributed by atoms with Crippen molar-refractivity contribution in [3.05, 3.63) is 58.6 Å². The molecule has 0 saturated heterocycles. The summed E-state index contributed by atoms with van der Waals surface area (Å²) in [5.74, 6) is 0. The van der Waals surface area contributed by atoms with E-state index in [9.17, 15) is 4.79 Å². The number of amides is 2. The summed E-state index contributed by atoms with van der Waals surface area (Å²) in [4.78, 5) is 15.8. The molecule has 0 radical (unpaired) electrons. The highest BCUT2D eigenvalue weighted by Crippen LogP contribution is 2.33. The number of aryl methyl sites for hydroxylation is 1. The van der Waals surface area contributed by atoms with Crippen LogP contribution in [0.1, 0.15) is 23.7 Å². The number of aromatic amines is 1. The Morgan fingerprint density at radius 1 is 1.36 bits per heavy atom. The van der Waals surface area contributed by atoms with Crippen LogP contribution in [0.15, 0.2) is 41.8 Å². The summed E-state index contributed by atoms with van der Waals surface area (Å²) in [6, 6.07) is 12.0. The largest absolute Gasteiger partial charge is 0.322 e. The number of urea groups is 1. The van der Waals surface area contributed by atoms with Crippen LogP contribution in [-0.4, -0.2) is 27.2 Å². The van der Waals surface area contributed by atoms with Crippen molar-refractivity contribution in [1.82, 2.24) is 15.1 Å². The number of nitrogens with one attached hydrogen (secondary N) is 2. The van der Waals surface area contributed by atoms with Crippen LogP contribution in [0.2, 0.25) is 0 Å². The first-order valence-electron chi connectivity index (χ1n) is 8.36. The fourth-order valence-corrected chi connectivity index (χ4v) is 4.02. The quantitative estimate of drug-likeness (QED) is 0.717. The first-order chi connectivity index (χ1) is 12.1. The van der Waals surface area contributed by atoms with Gasteiger partial charge in [-0.05, 0) is 43.0 Å². The number of benzene rings is 1. The van der Waals surface area contributed by atoms with Crippen molar-refractivity contribution >= 4 is 23.1 Å². The van der Waals surface area contributed by atoms with Crippen molar-refractivity contribution in [2.45, 2.75) is 32.9 Å². The van der Waals surface area contributed by atoms with E-state index in [4.69, 9.17) is 0 Å². The van der Waals surface area contributed by atoms with Gasteiger partial charge in [-0.1, -0.05) is 18.2 Å². The van der Waals surface area contributed by atoms with Crippen LogP contribution in [0.4, 0.5) is 10.5 Å². The number of aromatic nitrogens is 2. The zero-order chi connectivity index (χ0) is 17.4. The Kier molecular flexibility index (Phi) is 4.05. The van der Waals surface area contributed by atoms with E-state index in [2.05, 4.69) is 28.5 Å². The average Bonchev–Trinajstić information content (AvgIpc) is 3.22. The lowest BCUT2D eigenvalue weighted by molar-refractivity contribution is 0.182. The SMILES string of the molecule is Cc1cccc(NC(=O)N2Cc3c(-c4cccs4)n[nH]c3C[C@@H]2C)c1. The van der Waals surface area contributed by atoms with Crippen molar-refractivity contribution in [2.24, 2.45) is 0 Å². The molecular formula is C19H20N4OS. The van der Waals surface area contributed by atoms with E-state index in [0.29, 0.717) is 6.54 Å². The molecule has 0 bridgehead atoms. The highest BCUT2D eigenvalue weighted by Gasteiger charge is 2.30. The minimum Gasteiger partial charge on any atom is -0.317 e. The van der Waals surface area contributed by atoms with Crippen LogP contribution < -0.4 is 5.32 Å². The Morgan fingerprint density at radius 2 is 2.24 bits per heavy atom. The molecule has 128 valence electrons. The van der Waals surface area contributed by atoms with Crippen LogP contribution >= 0.6 is 11.3 Å². The summed E-state index contributed by atoms with van der Waals surface area (Å²) in [6.07, 6.45) is 0.787. The molecule has 0 aliphatic carbocycles. The van der Waals surface area contributed by atoms with Crippen molar-refractivity contribution < 1.29 is 4.79 Å². The van der Waals surface area contributed by atoms with E-state index in [-0.39, 0.29) is 12.1 Å². The van der Waals surface area contributed by atoms with Crippen LogP contribution in [0.5, 0.6) is 0 Å². The van der Waals surface area contributed by atoms with Gasteiger partial charge in [0.05, 0.1) is 11.4 Å². The van der Waals surface area contributed by atoms with Gasteiger partial charge in [-0.2, -0.15) is 5.10 Å². The smallest absolute Gasteiger partial charge is 0.317 e. The lowest BCUT2D eigenvalue weighted by Gasteiger charge is -2.33. The number of carbonyl (C=O) groups is 1. The molecule has 0 spiro atoms. The standard InChI is InChI=1S/C19H20N4OS/c1-12-5-3-6-14(9-12)20-19(24)23-11-15-16(10-13(23)2)21-22-18(15)17-7-4-8-25-17/h3-9,13H,10-11H2,1-2H3,(H,20,24)(H,21,22)/t13-/m0/s1. The summed E-state index contributed by atoms with van der Waals surface area (Å²) in [7, 11) is 0. The molecule has 25 heavy (non-hydrogen) atoms. The van der Waals surface area contributed by atoms with Crippen LogP contribution in [-0.2, 0) is 13.0 Å². The molecule has 2 aromatic heterocycles. The van der Waals surface area contributed by atoms with Crippen LogP contribution in [0.25, 0.3) is 10.6 Å². The van der Waals surface area contributed by atoms with E-state index < -0.39 is 0 Å². The number of thiophene rings is 1. The van der Waals surface area contributed by atoms with Gasteiger partial charge in [0.25, 0.3) is 0 Å². The molecule has 3 heterocycles. The van der Waals surface area contributed by atoms with Gasteiger partial charge in [-0.25, -0.2) is 4.79 Å². The molecular weight excluding hydrogens is 332 g/mol. The maximum atomic E-state index is 12.8. The Balaban J connectivity index is 1.58. The van der Waals surface area contributed by atoms with Crippen LogP contribution in [0.3, 0.4) is 0 Å². The molecule has 4 rings (SSSR count). The molecule has 3 aromatic rings. The van der Waals surface area contributed by atoms with E-state index in [1.807, 2.05) is 47.5 Å². The lowest BCUT2D eigenvalue weighted by atomic mass is 9.99. The molecule has 2 N–H and O–H groups in total. The molecule has 5 nitrogen and oxygen atoms in total. The summed E-state index contributed by atoms with van der Waals surface area (Å²) in [5, 5.41) is 12.7. The lowest BCUT2D eigenvalue weighted by Crippen LogP contribution is -2.44. The first kappa shape index (κ1) is 15.9. The number of anilines is 1. The zero-order valence-corrected chi connectivity index (χ0v) is 15.1. The monoisotopic (exact) mass is 352 g/mol. The summed E-state index contributed by atoms with van der Waals surface area (Å²) < 4.78 is 0. The third-order valence-corrected chi connectivity index (χ3v) is 5.47. The number of carbonyl (C=O) groups excluding carboxylic acids is 1. The Bertz CT molecular complexity index is 900. The van der Waals surface area contributed by atoms with E-state index in [1.54, 1.807) is 11.3 Å². The van der Waals surface area contributed by atoms with E-state index >= 15 is 0 Å². The molecule has 1 aliphatic rings. The molecule has 1 aromatic carbocycles. The fraction of sp³-hybridized carbons (Fsp3) is 0.263. The van der Waals surface area contributed by atoms with Gasteiger partial charge in [-0.3, -0.25) is 5.10 Å². The second-order valence-electron chi connectivity index (χ2n) is 6.49. The zero-order valence-electron chi connectivity index (χ0n) is 14.2. The number of fused-ring (bicyclic) bond motifs is 1. The van der Waals surface area contributed by atoms with Crippen molar-refractivity contribution in [3.8, 4) is 10.6 Å². The molecule has 1 atom stereocenters. The summed E-state index contributed by atoms with van der Waals surface area (Å²) >= 11 is 1.67. The van der Waals surface area contributed by atoms with E-state index in [0.717, 1.165) is 39.5 Å². The van der Waals surface area contributed by atoms with Crippen molar-refractivity contribution in [3.63, 3.8) is 0 Å². The second kappa shape index (κ2) is 6.37. The average molecular weight is 352 g/mol. The summed E-state index contributed by atoms with van der Waals surface area (Å²) in [6.45, 7) is 4.66. The molecule has 6 heteroatoms. The molecule has 2 amide bonds. The predicted octanol–water partition coefficient (Wildman–Crippen LogP) is 4.43.